The summed E-state index contributed by atoms with van der Waals surface area (Å²) in [5.74, 6) is 1.55. The molecule has 0 saturated heterocycles. The summed E-state index contributed by atoms with van der Waals surface area (Å²) in [6.07, 6.45) is 5.60. The lowest BCUT2D eigenvalue weighted by Crippen LogP contribution is -2.42. The Morgan fingerprint density at radius 2 is 1.68 bits per heavy atom. The Kier molecular flexibility index (Phi) is 6.34. The zero-order valence-corrected chi connectivity index (χ0v) is 17.1. The standard InChI is InChI=1S/C21H30N6O/c1-14-6-5-7-15(2)19(14)26-21(28)24-17-10-8-16(9-11-17)23-20-22-13-12-18(25-20)27(3)4/h5-7,12-13,16-17H,8-11H2,1-4H3,(H,22,23,25)(H2,24,26,28). The Labute approximate surface area is 167 Å². The number of aryl methyl sites for hydroxylation is 2. The maximum absolute atomic E-state index is 12.4. The average molecular weight is 383 g/mol. The number of aromatic nitrogens is 2. The van der Waals surface area contributed by atoms with Crippen molar-refractivity contribution in [1.29, 1.82) is 0 Å². The zero-order valence-electron chi connectivity index (χ0n) is 17.1. The lowest BCUT2D eigenvalue weighted by Gasteiger charge is -2.30. The first-order valence-electron chi connectivity index (χ1n) is 9.83. The number of carbonyl (C=O) groups excluding carboxylic acids is 1. The quantitative estimate of drug-likeness (QED) is 0.734. The van der Waals surface area contributed by atoms with Gasteiger partial charge in [0.2, 0.25) is 5.95 Å². The van der Waals surface area contributed by atoms with Crippen LogP contribution in [0.2, 0.25) is 0 Å². The maximum atomic E-state index is 12.4. The molecule has 0 spiro atoms. The number of carbonyl (C=O) groups is 1. The van der Waals surface area contributed by atoms with Crippen LogP contribution in [0.3, 0.4) is 0 Å². The molecule has 0 radical (unpaired) electrons. The van der Waals surface area contributed by atoms with Gasteiger partial charge in [-0.2, -0.15) is 4.98 Å². The fraction of sp³-hybridized carbons (Fsp3) is 0.476. The Morgan fingerprint density at radius 3 is 2.32 bits per heavy atom. The summed E-state index contributed by atoms with van der Waals surface area (Å²) in [7, 11) is 3.93. The molecule has 150 valence electrons. The molecule has 1 aromatic carbocycles. The largest absolute Gasteiger partial charge is 0.363 e. The highest BCUT2D eigenvalue weighted by Gasteiger charge is 2.23. The van der Waals surface area contributed by atoms with Crippen molar-refractivity contribution in [3.63, 3.8) is 0 Å². The summed E-state index contributed by atoms with van der Waals surface area (Å²) < 4.78 is 0. The molecule has 0 atom stereocenters. The number of anilines is 3. The zero-order chi connectivity index (χ0) is 20.1. The molecule has 3 N–H and O–H groups in total. The van der Waals surface area contributed by atoms with Crippen LogP contribution >= 0.6 is 0 Å². The number of amides is 2. The molecule has 0 bridgehead atoms. The number of urea groups is 1. The van der Waals surface area contributed by atoms with E-state index in [4.69, 9.17) is 0 Å². The molecule has 2 aromatic rings. The van der Waals surface area contributed by atoms with Crippen LogP contribution < -0.4 is 20.9 Å². The minimum absolute atomic E-state index is 0.129. The van der Waals surface area contributed by atoms with Crippen molar-refractivity contribution < 1.29 is 4.79 Å². The Balaban J connectivity index is 1.47. The van der Waals surface area contributed by atoms with Gasteiger partial charge < -0.3 is 20.9 Å². The fourth-order valence-corrected chi connectivity index (χ4v) is 3.58. The van der Waals surface area contributed by atoms with Gasteiger partial charge in [0.05, 0.1) is 0 Å². The Hall–Kier alpha value is -2.83. The third-order valence-corrected chi connectivity index (χ3v) is 5.21. The van der Waals surface area contributed by atoms with Gasteiger partial charge in [-0.3, -0.25) is 0 Å². The predicted molar refractivity (Wildman–Crippen MR) is 114 cm³/mol. The molecule has 0 aliphatic heterocycles. The van der Waals surface area contributed by atoms with Gasteiger partial charge in [-0.1, -0.05) is 18.2 Å². The van der Waals surface area contributed by atoms with E-state index in [1.165, 1.54) is 0 Å². The van der Waals surface area contributed by atoms with Crippen LogP contribution in [0.1, 0.15) is 36.8 Å². The summed E-state index contributed by atoms with van der Waals surface area (Å²) in [5, 5.41) is 9.55. The van der Waals surface area contributed by atoms with Gasteiger partial charge in [-0.25, -0.2) is 9.78 Å². The van der Waals surface area contributed by atoms with Gasteiger partial charge in [0.25, 0.3) is 0 Å². The molecule has 0 unspecified atom stereocenters. The molecular weight excluding hydrogens is 352 g/mol. The van der Waals surface area contributed by atoms with Gasteiger partial charge in [0.15, 0.2) is 0 Å². The van der Waals surface area contributed by atoms with E-state index >= 15 is 0 Å². The van der Waals surface area contributed by atoms with Crippen molar-refractivity contribution in [2.45, 2.75) is 51.6 Å². The van der Waals surface area contributed by atoms with E-state index in [9.17, 15) is 4.79 Å². The van der Waals surface area contributed by atoms with Crippen LogP contribution in [0.5, 0.6) is 0 Å². The predicted octanol–water partition coefficient (Wildman–Crippen LogP) is 3.70. The third-order valence-electron chi connectivity index (χ3n) is 5.21. The van der Waals surface area contributed by atoms with E-state index < -0.39 is 0 Å². The van der Waals surface area contributed by atoms with Gasteiger partial charge >= 0.3 is 6.03 Å². The van der Waals surface area contributed by atoms with E-state index in [1.807, 2.05) is 57.1 Å². The van der Waals surface area contributed by atoms with Crippen LogP contribution in [-0.2, 0) is 0 Å². The van der Waals surface area contributed by atoms with E-state index in [1.54, 1.807) is 6.20 Å². The van der Waals surface area contributed by atoms with Crippen LogP contribution in [-0.4, -0.2) is 42.2 Å². The van der Waals surface area contributed by atoms with Crippen molar-refractivity contribution in [1.82, 2.24) is 15.3 Å². The number of hydrogen-bond donors (Lipinski definition) is 3. The summed E-state index contributed by atoms with van der Waals surface area (Å²) in [4.78, 5) is 23.2. The van der Waals surface area contributed by atoms with Crippen LogP contribution in [0, 0.1) is 13.8 Å². The summed E-state index contributed by atoms with van der Waals surface area (Å²) in [6.45, 7) is 4.01. The van der Waals surface area contributed by atoms with Crippen molar-refractivity contribution in [3.05, 3.63) is 41.6 Å². The normalized spacial score (nSPS) is 19.0. The molecule has 1 aliphatic carbocycles. The van der Waals surface area contributed by atoms with Crippen molar-refractivity contribution in [2.75, 3.05) is 29.6 Å². The van der Waals surface area contributed by atoms with Crippen LogP contribution in [0.25, 0.3) is 0 Å². The highest BCUT2D eigenvalue weighted by Crippen LogP contribution is 2.23. The number of rotatable bonds is 5. The minimum atomic E-state index is -0.129. The third kappa shape index (κ3) is 5.12. The van der Waals surface area contributed by atoms with Gasteiger partial charge in [-0.05, 0) is 56.7 Å². The smallest absolute Gasteiger partial charge is 0.319 e. The number of hydrogen-bond acceptors (Lipinski definition) is 5. The lowest BCUT2D eigenvalue weighted by atomic mass is 9.91. The van der Waals surface area contributed by atoms with Crippen LogP contribution in [0.15, 0.2) is 30.5 Å². The molecule has 28 heavy (non-hydrogen) atoms. The van der Waals surface area contributed by atoms with E-state index in [-0.39, 0.29) is 12.1 Å². The van der Waals surface area contributed by atoms with E-state index in [0.29, 0.717) is 12.0 Å². The fourth-order valence-electron chi connectivity index (χ4n) is 3.58. The summed E-state index contributed by atoms with van der Waals surface area (Å²) in [6, 6.07) is 8.30. The lowest BCUT2D eigenvalue weighted by molar-refractivity contribution is 0.243. The average Bonchev–Trinajstić information content (AvgIpc) is 2.67. The monoisotopic (exact) mass is 382 g/mol. The van der Waals surface area contributed by atoms with Crippen molar-refractivity contribution >= 4 is 23.5 Å². The molecule has 1 aliphatic rings. The van der Waals surface area contributed by atoms with Crippen molar-refractivity contribution in [2.24, 2.45) is 0 Å². The molecule has 3 rings (SSSR count). The second kappa shape index (κ2) is 8.91. The topological polar surface area (TPSA) is 82.2 Å². The highest BCUT2D eigenvalue weighted by atomic mass is 16.2. The molecule has 2 amide bonds. The SMILES string of the molecule is Cc1cccc(C)c1NC(=O)NC1CCC(Nc2nccc(N(C)C)n2)CC1. The molecule has 1 saturated carbocycles. The Morgan fingerprint density at radius 1 is 1.04 bits per heavy atom. The molecule has 1 aromatic heterocycles. The minimum Gasteiger partial charge on any atom is -0.363 e. The molecule has 1 fully saturated rings. The summed E-state index contributed by atoms with van der Waals surface area (Å²) in [5.41, 5.74) is 3.04. The molecular formula is C21H30N6O. The van der Waals surface area contributed by atoms with Crippen LogP contribution in [0.4, 0.5) is 22.2 Å². The highest BCUT2D eigenvalue weighted by molar-refractivity contribution is 5.91. The first-order chi connectivity index (χ1) is 13.4. The second-order valence-electron chi connectivity index (χ2n) is 7.69. The first-order valence-corrected chi connectivity index (χ1v) is 9.83. The number of nitrogens with zero attached hydrogens (tertiary/aromatic N) is 3. The van der Waals surface area contributed by atoms with Gasteiger partial charge in [-0.15, -0.1) is 0 Å². The number of para-hydroxylation sites is 1. The van der Waals surface area contributed by atoms with Gasteiger partial charge in [0.1, 0.15) is 5.82 Å². The van der Waals surface area contributed by atoms with E-state index in [2.05, 4.69) is 25.9 Å². The number of benzene rings is 1. The molecule has 7 nitrogen and oxygen atoms in total. The Bertz CT molecular complexity index is 794. The maximum Gasteiger partial charge on any atom is 0.319 e. The first kappa shape index (κ1) is 19.9. The molecule has 1 heterocycles. The van der Waals surface area contributed by atoms with Crippen molar-refractivity contribution in [3.8, 4) is 0 Å². The van der Waals surface area contributed by atoms with Gasteiger partial charge in [0, 0.05) is 38.1 Å². The number of nitrogens with one attached hydrogen (secondary N) is 3. The second-order valence-corrected chi connectivity index (χ2v) is 7.69. The summed E-state index contributed by atoms with van der Waals surface area (Å²) >= 11 is 0. The van der Waals surface area contributed by atoms with E-state index in [0.717, 1.165) is 48.3 Å². The molecule has 7 heteroatoms.